The van der Waals surface area contributed by atoms with Crippen molar-refractivity contribution in [3.05, 3.63) is 0 Å². The molecular weight excluding hydrogens is 220 g/mol. The van der Waals surface area contributed by atoms with Gasteiger partial charge < -0.3 is 0 Å². The topological polar surface area (TPSA) is 66.5 Å². The van der Waals surface area contributed by atoms with Gasteiger partial charge in [-0.2, -0.15) is 0 Å². The number of rotatable bonds is 3. The summed E-state index contributed by atoms with van der Waals surface area (Å²) in [5, 5.41) is 2.25. The molecule has 0 aromatic rings. The van der Waals surface area contributed by atoms with Crippen molar-refractivity contribution in [2.45, 2.75) is 53.0 Å². The van der Waals surface area contributed by atoms with Crippen LogP contribution in [0.25, 0.3) is 0 Å². The first kappa shape index (κ1) is 13.7. The Kier molecular flexibility index (Phi) is 3.32. The molecular formula is C12H20N2O3. The van der Waals surface area contributed by atoms with Gasteiger partial charge in [0.25, 0.3) is 0 Å². The Balaban J connectivity index is 3.20. The quantitative estimate of drug-likeness (QED) is 0.763. The number of nitrogens with zero attached hydrogens (tertiary/aromatic N) is 1. The number of carbonyl (C=O) groups excluding carboxylic acids is 3. The molecule has 1 fully saturated rings. The monoisotopic (exact) mass is 240 g/mol. The molecule has 96 valence electrons. The van der Waals surface area contributed by atoms with Gasteiger partial charge in [0.15, 0.2) is 0 Å². The fourth-order valence-corrected chi connectivity index (χ4v) is 1.83. The van der Waals surface area contributed by atoms with Gasteiger partial charge in [-0.3, -0.25) is 19.8 Å². The minimum Gasteiger partial charge on any atom is -0.277 e. The van der Waals surface area contributed by atoms with E-state index in [-0.39, 0.29) is 0 Å². The van der Waals surface area contributed by atoms with E-state index in [1.165, 1.54) is 18.7 Å². The van der Waals surface area contributed by atoms with Crippen molar-refractivity contribution in [3.8, 4) is 0 Å². The number of hydrogen-bond donors (Lipinski definition) is 1. The van der Waals surface area contributed by atoms with Crippen molar-refractivity contribution < 1.29 is 14.4 Å². The zero-order valence-electron chi connectivity index (χ0n) is 11.1. The first-order valence-electron chi connectivity index (χ1n) is 5.90. The molecule has 4 amide bonds. The maximum absolute atomic E-state index is 12.3. The van der Waals surface area contributed by atoms with E-state index < -0.39 is 28.8 Å². The van der Waals surface area contributed by atoms with Crippen molar-refractivity contribution in [2.75, 3.05) is 0 Å². The number of urea groups is 1. The van der Waals surface area contributed by atoms with Gasteiger partial charge in [-0.1, -0.05) is 13.8 Å². The molecule has 1 heterocycles. The first-order chi connectivity index (χ1) is 7.70. The highest BCUT2D eigenvalue weighted by Gasteiger charge is 2.51. The van der Waals surface area contributed by atoms with Gasteiger partial charge in [-0.15, -0.1) is 0 Å². The molecule has 0 aliphatic carbocycles. The smallest absolute Gasteiger partial charge is 0.277 e. The Hall–Kier alpha value is -1.39. The molecule has 1 aliphatic rings. The first-order valence-corrected chi connectivity index (χ1v) is 5.90. The zero-order valence-corrected chi connectivity index (χ0v) is 11.1. The van der Waals surface area contributed by atoms with E-state index in [0.717, 1.165) is 0 Å². The maximum atomic E-state index is 12.3. The van der Waals surface area contributed by atoms with Crippen LogP contribution in [0.5, 0.6) is 0 Å². The lowest BCUT2D eigenvalue weighted by Gasteiger charge is -2.44. The van der Waals surface area contributed by atoms with E-state index in [9.17, 15) is 14.4 Å². The average Bonchev–Trinajstić information content (AvgIpc) is 2.26. The van der Waals surface area contributed by atoms with Crippen molar-refractivity contribution in [1.29, 1.82) is 0 Å². The molecule has 0 radical (unpaired) electrons. The fraction of sp³-hybridized carbons (Fsp3) is 0.750. The number of barbiturate groups is 1. The Morgan fingerprint density at radius 2 is 1.65 bits per heavy atom. The molecule has 0 aromatic carbocycles. The molecule has 1 saturated heterocycles. The van der Waals surface area contributed by atoms with Crippen LogP contribution in [-0.4, -0.2) is 28.3 Å². The van der Waals surface area contributed by atoms with Gasteiger partial charge in [0, 0.05) is 5.54 Å². The highest BCUT2D eigenvalue weighted by atomic mass is 16.2. The summed E-state index contributed by atoms with van der Waals surface area (Å²) < 4.78 is 0. The predicted molar refractivity (Wildman–Crippen MR) is 63.2 cm³/mol. The number of carbonyl (C=O) groups is 3. The Labute approximate surface area is 102 Å². The van der Waals surface area contributed by atoms with Crippen LogP contribution in [0.2, 0.25) is 0 Å². The molecule has 5 nitrogen and oxygen atoms in total. The molecule has 1 N–H and O–H groups in total. The van der Waals surface area contributed by atoms with Gasteiger partial charge in [0.1, 0.15) is 5.41 Å². The van der Waals surface area contributed by atoms with Gasteiger partial charge in [-0.05, 0) is 33.6 Å². The molecule has 5 heteroatoms. The average molecular weight is 240 g/mol. The number of amides is 4. The molecule has 0 atom stereocenters. The van der Waals surface area contributed by atoms with E-state index in [2.05, 4.69) is 5.32 Å². The lowest BCUT2D eigenvalue weighted by Crippen LogP contribution is -2.67. The second-order valence-corrected chi connectivity index (χ2v) is 5.23. The van der Waals surface area contributed by atoms with Crippen molar-refractivity contribution >= 4 is 17.8 Å². The summed E-state index contributed by atoms with van der Waals surface area (Å²) >= 11 is 0. The maximum Gasteiger partial charge on any atom is 0.331 e. The van der Waals surface area contributed by atoms with E-state index in [0.29, 0.717) is 12.8 Å². The lowest BCUT2D eigenvalue weighted by molar-refractivity contribution is -0.153. The largest absolute Gasteiger partial charge is 0.331 e. The summed E-state index contributed by atoms with van der Waals surface area (Å²) in [6.07, 6.45) is 1.32. The Bertz CT molecular complexity index is 370. The van der Waals surface area contributed by atoms with Crippen LogP contribution < -0.4 is 5.32 Å². The van der Waals surface area contributed by atoms with E-state index in [1.54, 1.807) is 0 Å². The molecule has 1 rings (SSSR count). The third-order valence-electron chi connectivity index (χ3n) is 3.79. The fourth-order valence-electron chi connectivity index (χ4n) is 1.83. The normalized spacial score (nSPS) is 20.5. The van der Waals surface area contributed by atoms with Crippen LogP contribution in [0.15, 0.2) is 0 Å². The number of imide groups is 2. The van der Waals surface area contributed by atoms with E-state index >= 15 is 0 Å². The molecule has 0 bridgehead atoms. The molecule has 1 aliphatic heterocycles. The SMILES string of the molecule is CCC(C)(CC)N1C(=O)NC(=O)C(C)(C)C1=O. The standard InChI is InChI=1S/C12H20N2O3/c1-6-12(5,7-2)14-9(16)11(3,4)8(15)13-10(14)17/h6-7H2,1-5H3,(H,13,15,17). The summed E-state index contributed by atoms with van der Waals surface area (Å²) in [6, 6.07) is -0.606. The van der Waals surface area contributed by atoms with Crippen molar-refractivity contribution in [3.63, 3.8) is 0 Å². The van der Waals surface area contributed by atoms with Crippen LogP contribution in [0.4, 0.5) is 4.79 Å². The van der Waals surface area contributed by atoms with Gasteiger partial charge in [-0.25, -0.2) is 4.79 Å². The highest BCUT2D eigenvalue weighted by molar-refractivity contribution is 6.18. The zero-order chi connectivity index (χ0) is 13.4. The minimum atomic E-state index is -1.18. The minimum absolute atomic E-state index is 0.419. The van der Waals surface area contributed by atoms with Crippen molar-refractivity contribution in [1.82, 2.24) is 10.2 Å². The molecule has 0 aromatic heterocycles. The molecule has 0 unspecified atom stereocenters. The van der Waals surface area contributed by atoms with Crippen LogP contribution >= 0.6 is 0 Å². The van der Waals surface area contributed by atoms with E-state index in [4.69, 9.17) is 0 Å². The number of nitrogens with one attached hydrogen (secondary N) is 1. The lowest BCUT2D eigenvalue weighted by atomic mass is 9.84. The van der Waals surface area contributed by atoms with Gasteiger partial charge >= 0.3 is 6.03 Å². The third kappa shape index (κ3) is 1.94. The van der Waals surface area contributed by atoms with Gasteiger partial charge in [0.2, 0.25) is 11.8 Å². The van der Waals surface area contributed by atoms with Crippen molar-refractivity contribution in [2.24, 2.45) is 5.41 Å². The highest BCUT2D eigenvalue weighted by Crippen LogP contribution is 2.32. The van der Waals surface area contributed by atoms with Gasteiger partial charge in [0.05, 0.1) is 0 Å². The molecule has 0 spiro atoms. The summed E-state index contributed by atoms with van der Waals surface area (Å²) in [5.74, 6) is -0.948. The molecule has 17 heavy (non-hydrogen) atoms. The second-order valence-electron chi connectivity index (χ2n) is 5.23. The molecule has 0 saturated carbocycles. The Morgan fingerprint density at radius 1 is 1.18 bits per heavy atom. The van der Waals surface area contributed by atoms with Crippen LogP contribution in [0.3, 0.4) is 0 Å². The number of hydrogen-bond acceptors (Lipinski definition) is 3. The predicted octanol–water partition coefficient (Wildman–Crippen LogP) is 1.67. The Morgan fingerprint density at radius 3 is 2.06 bits per heavy atom. The summed E-state index contributed by atoms with van der Waals surface area (Å²) in [6.45, 7) is 8.78. The van der Waals surface area contributed by atoms with Crippen LogP contribution in [0.1, 0.15) is 47.5 Å². The third-order valence-corrected chi connectivity index (χ3v) is 3.79. The summed E-state index contributed by atoms with van der Waals surface area (Å²) in [4.78, 5) is 36.9. The second kappa shape index (κ2) is 4.13. The van der Waals surface area contributed by atoms with Crippen LogP contribution in [-0.2, 0) is 9.59 Å². The van der Waals surface area contributed by atoms with E-state index in [1.807, 2.05) is 20.8 Å². The van der Waals surface area contributed by atoms with Crippen LogP contribution in [0, 0.1) is 5.41 Å². The summed E-state index contributed by atoms with van der Waals surface area (Å²) in [5.41, 5.74) is -1.72. The summed E-state index contributed by atoms with van der Waals surface area (Å²) in [7, 11) is 0.